The lowest BCUT2D eigenvalue weighted by atomic mass is 10.1. The van der Waals surface area contributed by atoms with Crippen molar-refractivity contribution in [2.45, 2.75) is 19.6 Å². The second-order valence-corrected chi connectivity index (χ2v) is 9.16. The largest absolute Gasteiger partial charge is 0.454 e. The highest BCUT2D eigenvalue weighted by Gasteiger charge is 2.26. The summed E-state index contributed by atoms with van der Waals surface area (Å²) in [5.41, 5.74) is 3.91. The van der Waals surface area contributed by atoms with Gasteiger partial charge in [0.15, 0.2) is 5.75 Å². The average Bonchev–Trinajstić information content (AvgIpc) is 2.80. The van der Waals surface area contributed by atoms with E-state index in [4.69, 9.17) is 4.74 Å². The molecule has 3 aromatic carbocycles. The molecular formula is C23H22N2O4S. The maximum atomic E-state index is 13.0. The van der Waals surface area contributed by atoms with Crippen LogP contribution in [0.4, 0.5) is 11.4 Å². The van der Waals surface area contributed by atoms with Crippen LogP contribution in [0.15, 0.2) is 60.7 Å². The molecule has 6 nitrogen and oxygen atoms in total. The maximum absolute atomic E-state index is 13.0. The Balaban J connectivity index is 1.63. The lowest BCUT2D eigenvalue weighted by Crippen LogP contribution is -2.25. The quantitative estimate of drug-likeness (QED) is 0.665. The summed E-state index contributed by atoms with van der Waals surface area (Å²) >= 11 is 0. The number of aryl methyl sites for hydroxylation is 2. The van der Waals surface area contributed by atoms with Crippen molar-refractivity contribution < 1.29 is 17.9 Å². The third-order valence-electron chi connectivity index (χ3n) is 5.08. The minimum absolute atomic E-state index is 0.145. The third-order valence-corrected chi connectivity index (χ3v) is 6.32. The van der Waals surface area contributed by atoms with Gasteiger partial charge in [0.25, 0.3) is 5.91 Å². The number of sulfonamides is 1. The normalized spacial score (nSPS) is 13.2. The maximum Gasteiger partial charge on any atom is 0.261 e. The Hall–Kier alpha value is -3.32. The molecule has 0 radical (unpaired) electrons. The fraction of sp³-hybridized carbons (Fsp3) is 0.174. The summed E-state index contributed by atoms with van der Waals surface area (Å²) in [5, 5.41) is 0. The molecule has 0 saturated carbocycles. The van der Waals surface area contributed by atoms with Crippen LogP contribution >= 0.6 is 0 Å². The summed E-state index contributed by atoms with van der Waals surface area (Å²) in [7, 11) is -2.00. The van der Waals surface area contributed by atoms with Crippen LogP contribution in [0.1, 0.15) is 27.0 Å². The molecule has 0 fully saturated rings. The van der Waals surface area contributed by atoms with E-state index < -0.39 is 10.0 Å². The van der Waals surface area contributed by atoms with Crippen LogP contribution in [0.25, 0.3) is 0 Å². The molecule has 1 N–H and O–H groups in total. The number of carbonyl (C=O) groups is 1. The fourth-order valence-corrected chi connectivity index (χ4v) is 4.73. The second-order valence-electron chi connectivity index (χ2n) is 7.44. The number of ether oxygens (including phenoxy) is 1. The number of para-hydroxylation sites is 2. The van der Waals surface area contributed by atoms with Gasteiger partial charge in [0.2, 0.25) is 10.0 Å². The summed E-state index contributed by atoms with van der Waals surface area (Å²) in [6.07, 6.45) is 0. The molecule has 0 unspecified atom stereocenters. The fourth-order valence-electron chi connectivity index (χ4n) is 3.45. The molecule has 30 heavy (non-hydrogen) atoms. The molecule has 1 amide bonds. The molecule has 0 bridgehead atoms. The highest BCUT2D eigenvalue weighted by atomic mass is 32.2. The molecule has 1 aliphatic heterocycles. The topological polar surface area (TPSA) is 75.7 Å². The van der Waals surface area contributed by atoms with Crippen molar-refractivity contribution in [3.05, 3.63) is 82.9 Å². The van der Waals surface area contributed by atoms with Crippen molar-refractivity contribution >= 4 is 27.3 Å². The van der Waals surface area contributed by atoms with Gasteiger partial charge in [-0.2, -0.15) is 0 Å². The summed E-state index contributed by atoms with van der Waals surface area (Å²) < 4.78 is 34.0. The van der Waals surface area contributed by atoms with Crippen LogP contribution in [-0.2, 0) is 15.8 Å². The first-order valence-electron chi connectivity index (χ1n) is 9.49. The Bertz CT molecular complexity index is 1250. The molecule has 1 aliphatic rings. The van der Waals surface area contributed by atoms with E-state index >= 15 is 0 Å². The Morgan fingerprint density at radius 1 is 0.967 bits per heavy atom. The zero-order valence-corrected chi connectivity index (χ0v) is 17.8. The van der Waals surface area contributed by atoms with Gasteiger partial charge in [0.05, 0.1) is 17.0 Å². The minimum Gasteiger partial charge on any atom is -0.454 e. The number of nitrogens with zero attached hydrogens (tertiary/aromatic N) is 1. The Kier molecular flexibility index (Phi) is 4.99. The number of rotatable bonds is 4. The molecule has 1 heterocycles. The molecular weight excluding hydrogens is 400 g/mol. The second kappa shape index (κ2) is 7.50. The molecule has 0 aromatic heterocycles. The van der Waals surface area contributed by atoms with Gasteiger partial charge in [0.1, 0.15) is 5.75 Å². The van der Waals surface area contributed by atoms with Gasteiger partial charge in [-0.1, -0.05) is 35.9 Å². The van der Waals surface area contributed by atoms with Crippen LogP contribution in [0.3, 0.4) is 0 Å². The molecule has 0 spiro atoms. The van der Waals surface area contributed by atoms with Gasteiger partial charge in [-0.15, -0.1) is 0 Å². The summed E-state index contributed by atoms with van der Waals surface area (Å²) in [5.74, 6) is 0.531. The van der Waals surface area contributed by atoms with Gasteiger partial charge in [-0.3, -0.25) is 9.52 Å². The molecule has 0 aliphatic carbocycles. The van der Waals surface area contributed by atoms with Crippen LogP contribution in [-0.4, -0.2) is 21.4 Å². The van der Waals surface area contributed by atoms with E-state index in [-0.39, 0.29) is 11.7 Å². The summed E-state index contributed by atoms with van der Waals surface area (Å²) in [4.78, 5) is 14.5. The Labute approximate surface area is 176 Å². The highest BCUT2D eigenvalue weighted by molar-refractivity contribution is 7.91. The smallest absolute Gasteiger partial charge is 0.261 e. The van der Waals surface area contributed by atoms with Crippen molar-refractivity contribution in [2.24, 2.45) is 0 Å². The Morgan fingerprint density at radius 3 is 2.53 bits per heavy atom. The average molecular weight is 423 g/mol. The first kappa shape index (κ1) is 20.0. The number of nitrogens with one attached hydrogen (secondary N) is 1. The molecule has 7 heteroatoms. The van der Waals surface area contributed by atoms with Crippen LogP contribution in [0.2, 0.25) is 0 Å². The first-order chi connectivity index (χ1) is 14.2. The predicted molar refractivity (Wildman–Crippen MR) is 118 cm³/mol. The number of hydrogen-bond donors (Lipinski definition) is 1. The molecule has 3 aromatic rings. The number of carbonyl (C=O) groups excluding carboxylic acids is 1. The van der Waals surface area contributed by atoms with E-state index in [1.165, 1.54) is 11.0 Å². The monoisotopic (exact) mass is 422 g/mol. The predicted octanol–water partition coefficient (Wildman–Crippen LogP) is 4.63. The van der Waals surface area contributed by atoms with E-state index in [9.17, 15) is 13.2 Å². The van der Waals surface area contributed by atoms with E-state index in [1.54, 1.807) is 31.3 Å². The number of fused-ring (bicyclic) bond motifs is 2. The summed E-state index contributed by atoms with van der Waals surface area (Å²) in [6.45, 7) is 3.81. The first-order valence-corrected chi connectivity index (χ1v) is 11.1. The SMILES string of the molecule is Cc1ccc(C)c(CS(=O)(=O)Nc2ccc3c(c2)C(=O)N(C)c2ccccc2O3)c1. The number of benzene rings is 3. The zero-order chi connectivity index (χ0) is 21.5. The van der Waals surface area contributed by atoms with Gasteiger partial charge in [-0.25, -0.2) is 8.42 Å². The molecule has 154 valence electrons. The zero-order valence-electron chi connectivity index (χ0n) is 17.0. The number of hydrogen-bond acceptors (Lipinski definition) is 4. The summed E-state index contributed by atoms with van der Waals surface area (Å²) in [6, 6.07) is 17.7. The van der Waals surface area contributed by atoms with Crippen molar-refractivity contribution in [3.63, 3.8) is 0 Å². The minimum atomic E-state index is -3.66. The van der Waals surface area contributed by atoms with Crippen LogP contribution < -0.4 is 14.4 Å². The van der Waals surface area contributed by atoms with E-state index in [2.05, 4.69) is 4.72 Å². The van der Waals surface area contributed by atoms with Gasteiger partial charge < -0.3 is 9.64 Å². The van der Waals surface area contributed by atoms with Crippen molar-refractivity contribution in [2.75, 3.05) is 16.7 Å². The van der Waals surface area contributed by atoms with Crippen LogP contribution in [0.5, 0.6) is 11.5 Å². The van der Waals surface area contributed by atoms with Crippen molar-refractivity contribution in [3.8, 4) is 11.5 Å². The number of amides is 1. The van der Waals surface area contributed by atoms with E-state index in [0.717, 1.165) is 16.7 Å². The third kappa shape index (κ3) is 3.89. The lowest BCUT2D eigenvalue weighted by Gasteiger charge is -2.16. The Morgan fingerprint density at radius 2 is 1.73 bits per heavy atom. The van der Waals surface area contributed by atoms with E-state index in [0.29, 0.717) is 28.4 Å². The van der Waals surface area contributed by atoms with Gasteiger partial charge in [0, 0.05) is 12.7 Å². The van der Waals surface area contributed by atoms with Crippen LogP contribution in [0, 0.1) is 13.8 Å². The highest BCUT2D eigenvalue weighted by Crippen LogP contribution is 2.39. The lowest BCUT2D eigenvalue weighted by molar-refractivity contribution is 0.0993. The van der Waals surface area contributed by atoms with Crippen molar-refractivity contribution in [1.82, 2.24) is 0 Å². The van der Waals surface area contributed by atoms with Gasteiger partial charge in [-0.05, 0) is 55.3 Å². The number of anilines is 2. The van der Waals surface area contributed by atoms with E-state index in [1.807, 2.05) is 44.2 Å². The molecule has 0 saturated heterocycles. The standard InChI is InChI=1S/C23H22N2O4S/c1-15-8-9-16(2)17(12-15)14-30(27,28)24-18-10-11-21-19(13-18)23(26)25(3)20-6-4-5-7-22(20)29-21/h4-13,24H,14H2,1-3H3. The van der Waals surface area contributed by atoms with Crippen molar-refractivity contribution in [1.29, 1.82) is 0 Å². The molecule has 0 atom stereocenters. The molecule has 4 rings (SSSR count). The van der Waals surface area contributed by atoms with Gasteiger partial charge >= 0.3 is 0 Å².